The van der Waals surface area contributed by atoms with Crippen LogP contribution < -0.4 is 10.8 Å². The Morgan fingerprint density at radius 2 is 1.95 bits per heavy atom. The highest BCUT2D eigenvalue weighted by molar-refractivity contribution is 6.58. The minimum absolute atomic E-state index is 0.131. The molecule has 1 aromatic carbocycles. The molecule has 1 aliphatic rings. The normalized spacial score (nSPS) is 19.0. The average molecular weight is 306 g/mol. The average Bonchev–Trinajstić information content (AvgIpc) is 2.45. The molecule has 3 N–H and O–H groups in total. The first kappa shape index (κ1) is 16.8. The lowest BCUT2D eigenvalue weighted by molar-refractivity contribution is 0.0118. The van der Waals surface area contributed by atoms with E-state index in [1.54, 1.807) is 17.0 Å². The number of nitrogens with zero attached hydrogens (tertiary/aromatic N) is 1. The van der Waals surface area contributed by atoms with Gasteiger partial charge in [0.1, 0.15) is 5.60 Å². The molecule has 1 aliphatic heterocycles. The number of nitrogens with one attached hydrogen (secondary N) is 1. The Balaban J connectivity index is 2.17. The minimum atomic E-state index is -1.49. The second-order valence-corrected chi connectivity index (χ2v) is 6.43. The highest BCUT2D eigenvalue weighted by Gasteiger charge is 2.31. The third-order valence-electron chi connectivity index (χ3n) is 3.49. The van der Waals surface area contributed by atoms with Gasteiger partial charge in [-0.05, 0) is 31.8 Å². The zero-order chi connectivity index (χ0) is 16.3. The van der Waals surface area contributed by atoms with Crippen molar-refractivity contribution < 1.29 is 19.6 Å². The first-order chi connectivity index (χ1) is 10.3. The quantitative estimate of drug-likeness (QED) is 0.682. The molecular formula is C15H23BN2O4. The third-order valence-corrected chi connectivity index (χ3v) is 3.49. The van der Waals surface area contributed by atoms with Gasteiger partial charge in [-0.2, -0.15) is 0 Å². The molecule has 0 radical (unpaired) electrons. The van der Waals surface area contributed by atoms with E-state index in [1.807, 2.05) is 32.9 Å². The second kappa shape index (κ2) is 6.68. The van der Waals surface area contributed by atoms with E-state index in [1.165, 1.54) is 0 Å². The molecule has 1 amide bonds. The molecule has 0 aromatic heterocycles. The fraction of sp³-hybridized carbons (Fsp3) is 0.533. The number of benzene rings is 1. The monoisotopic (exact) mass is 306 g/mol. The highest BCUT2D eigenvalue weighted by atomic mass is 16.6. The number of ether oxygens (including phenoxy) is 1. The standard InChI is InChI=1S/C15H23BN2O4/c1-15(2,3)22-14(19)18-9-8-17-10-13(18)11-4-6-12(7-5-11)16(20)21/h4-7,13,17,20-21H,8-10H2,1-3H3. The van der Waals surface area contributed by atoms with Crippen LogP contribution in [0.5, 0.6) is 0 Å². The largest absolute Gasteiger partial charge is 0.488 e. The van der Waals surface area contributed by atoms with E-state index in [-0.39, 0.29) is 12.1 Å². The summed E-state index contributed by atoms with van der Waals surface area (Å²) in [5.74, 6) is 0. The van der Waals surface area contributed by atoms with Gasteiger partial charge in [-0.1, -0.05) is 24.3 Å². The van der Waals surface area contributed by atoms with Crippen molar-refractivity contribution in [1.29, 1.82) is 0 Å². The van der Waals surface area contributed by atoms with Gasteiger partial charge in [0.2, 0.25) is 0 Å². The van der Waals surface area contributed by atoms with Crippen molar-refractivity contribution in [3.8, 4) is 0 Å². The molecule has 0 spiro atoms. The van der Waals surface area contributed by atoms with Crippen molar-refractivity contribution in [3.05, 3.63) is 29.8 Å². The number of hydrogen-bond acceptors (Lipinski definition) is 5. The smallest absolute Gasteiger partial charge is 0.444 e. The van der Waals surface area contributed by atoms with Crippen LogP contribution in [0, 0.1) is 0 Å². The third kappa shape index (κ3) is 4.22. The lowest BCUT2D eigenvalue weighted by Crippen LogP contribution is -2.50. The van der Waals surface area contributed by atoms with Crippen LogP contribution in [0.2, 0.25) is 0 Å². The van der Waals surface area contributed by atoms with Crippen LogP contribution in [0.25, 0.3) is 0 Å². The molecule has 22 heavy (non-hydrogen) atoms. The summed E-state index contributed by atoms with van der Waals surface area (Å²) in [6.07, 6.45) is -0.328. The minimum Gasteiger partial charge on any atom is -0.444 e. The van der Waals surface area contributed by atoms with Gasteiger partial charge >= 0.3 is 13.2 Å². The number of piperazine rings is 1. The first-order valence-electron chi connectivity index (χ1n) is 7.44. The Morgan fingerprint density at radius 1 is 1.32 bits per heavy atom. The molecule has 6 nitrogen and oxygen atoms in total. The summed E-state index contributed by atoms with van der Waals surface area (Å²) in [7, 11) is -1.49. The molecule has 1 aromatic rings. The van der Waals surface area contributed by atoms with Crippen LogP contribution in [-0.2, 0) is 4.74 Å². The van der Waals surface area contributed by atoms with E-state index >= 15 is 0 Å². The molecule has 7 heteroatoms. The Kier molecular flexibility index (Phi) is 5.10. The van der Waals surface area contributed by atoms with Gasteiger partial charge < -0.3 is 20.1 Å². The lowest BCUT2D eigenvalue weighted by atomic mass is 9.79. The van der Waals surface area contributed by atoms with Gasteiger partial charge in [-0.3, -0.25) is 4.90 Å². The molecule has 0 aliphatic carbocycles. The molecule has 2 rings (SSSR count). The molecule has 120 valence electrons. The summed E-state index contributed by atoms with van der Waals surface area (Å²) >= 11 is 0. The summed E-state index contributed by atoms with van der Waals surface area (Å²) in [6.45, 7) is 7.48. The van der Waals surface area contributed by atoms with E-state index in [9.17, 15) is 4.79 Å². The number of carbonyl (C=O) groups is 1. The predicted octanol–water partition coefficient (Wildman–Crippen LogP) is 0.248. The summed E-state index contributed by atoms with van der Waals surface area (Å²) < 4.78 is 5.47. The van der Waals surface area contributed by atoms with Crippen LogP contribution in [-0.4, -0.2) is 53.4 Å². The van der Waals surface area contributed by atoms with Crippen molar-refractivity contribution >= 4 is 18.7 Å². The van der Waals surface area contributed by atoms with Crippen LogP contribution >= 0.6 is 0 Å². The van der Waals surface area contributed by atoms with Gasteiger partial charge in [-0.25, -0.2) is 4.79 Å². The van der Waals surface area contributed by atoms with E-state index in [0.29, 0.717) is 18.6 Å². The Labute approximate surface area is 131 Å². The zero-order valence-electron chi connectivity index (χ0n) is 13.2. The number of hydrogen-bond donors (Lipinski definition) is 3. The highest BCUT2D eigenvalue weighted by Crippen LogP contribution is 2.24. The number of amides is 1. The van der Waals surface area contributed by atoms with Crippen molar-refractivity contribution in [3.63, 3.8) is 0 Å². The molecule has 0 saturated carbocycles. The number of carbonyl (C=O) groups excluding carboxylic acids is 1. The fourth-order valence-electron chi connectivity index (χ4n) is 2.43. The maximum atomic E-state index is 12.4. The molecule has 1 saturated heterocycles. The van der Waals surface area contributed by atoms with Crippen LogP contribution in [0.3, 0.4) is 0 Å². The summed E-state index contributed by atoms with van der Waals surface area (Å²) in [5, 5.41) is 21.6. The molecule has 0 bridgehead atoms. The molecule has 1 fully saturated rings. The summed E-state index contributed by atoms with van der Waals surface area (Å²) in [4.78, 5) is 14.1. The van der Waals surface area contributed by atoms with E-state index in [4.69, 9.17) is 14.8 Å². The Bertz CT molecular complexity index is 513. The van der Waals surface area contributed by atoms with Crippen molar-refractivity contribution in [2.75, 3.05) is 19.6 Å². The van der Waals surface area contributed by atoms with Crippen molar-refractivity contribution in [1.82, 2.24) is 10.2 Å². The van der Waals surface area contributed by atoms with Gasteiger partial charge in [0, 0.05) is 19.6 Å². The maximum Gasteiger partial charge on any atom is 0.488 e. The Hall–Kier alpha value is -1.57. The topological polar surface area (TPSA) is 82.0 Å². The predicted molar refractivity (Wildman–Crippen MR) is 84.8 cm³/mol. The van der Waals surface area contributed by atoms with Crippen LogP contribution in [0.15, 0.2) is 24.3 Å². The first-order valence-corrected chi connectivity index (χ1v) is 7.44. The van der Waals surface area contributed by atoms with E-state index in [2.05, 4.69) is 5.32 Å². The maximum absolute atomic E-state index is 12.4. The Morgan fingerprint density at radius 3 is 2.50 bits per heavy atom. The summed E-state index contributed by atoms with van der Waals surface area (Å²) in [5.41, 5.74) is 0.830. The lowest BCUT2D eigenvalue weighted by Gasteiger charge is -2.37. The van der Waals surface area contributed by atoms with Gasteiger partial charge in [0.05, 0.1) is 6.04 Å². The van der Waals surface area contributed by atoms with Crippen molar-refractivity contribution in [2.45, 2.75) is 32.4 Å². The molecular weight excluding hydrogens is 283 g/mol. The molecule has 1 heterocycles. The SMILES string of the molecule is CC(C)(C)OC(=O)N1CCNCC1c1ccc(B(O)O)cc1. The van der Waals surface area contributed by atoms with Crippen LogP contribution in [0.1, 0.15) is 32.4 Å². The van der Waals surface area contributed by atoms with E-state index < -0.39 is 12.7 Å². The van der Waals surface area contributed by atoms with Gasteiger partial charge in [0.15, 0.2) is 0 Å². The number of rotatable bonds is 2. The van der Waals surface area contributed by atoms with Crippen molar-refractivity contribution in [2.24, 2.45) is 0 Å². The van der Waals surface area contributed by atoms with Crippen LogP contribution in [0.4, 0.5) is 4.79 Å². The zero-order valence-corrected chi connectivity index (χ0v) is 13.2. The molecule has 1 unspecified atom stereocenters. The van der Waals surface area contributed by atoms with Gasteiger partial charge in [-0.15, -0.1) is 0 Å². The van der Waals surface area contributed by atoms with E-state index in [0.717, 1.165) is 12.1 Å². The summed E-state index contributed by atoms with van der Waals surface area (Å²) in [6, 6.07) is 6.80. The molecule has 1 atom stereocenters. The van der Waals surface area contributed by atoms with Gasteiger partial charge in [0.25, 0.3) is 0 Å². The second-order valence-electron chi connectivity index (χ2n) is 6.43. The fourth-order valence-corrected chi connectivity index (χ4v) is 2.43.